The van der Waals surface area contributed by atoms with E-state index in [1.54, 1.807) is 0 Å². The fourth-order valence-corrected chi connectivity index (χ4v) is 3.91. The summed E-state index contributed by atoms with van der Waals surface area (Å²) < 4.78 is 5.42. The van der Waals surface area contributed by atoms with Crippen LogP contribution in [0, 0.1) is 0 Å². The van der Waals surface area contributed by atoms with Crippen molar-refractivity contribution in [2.24, 2.45) is 0 Å². The van der Waals surface area contributed by atoms with E-state index in [-0.39, 0.29) is 0 Å². The summed E-state index contributed by atoms with van der Waals surface area (Å²) in [4.78, 5) is 7.28. The van der Waals surface area contributed by atoms with Crippen molar-refractivity contribution in [1.29, 1.82) is 0 Å². The number of hydrogen-bond donors (Lipinski definition) is 0. The summed E-state index contributed by atoms with van der Waals surface area (Å²) in [5, 5.41) is 8.99. The summed E-state index contributed by atoms with van der Waals surface area (Å²) in [6.07, 6.45) is 0. The van der Waals surface area contributed by atoms with Crippen molar-refractivity contribution in [2.45, 2.75) is 26.4 Å². The number of anilines is 1. The number of nitrogens with zero attached hydrogens (tertiary/aromatic N) is 5. The molecule has 0 saturated carbocycles. The minimum Gasteiger partial charge on any atom is -0.379 e. The third-order valence-corrected chi connectivity index (χ3v) is 5.78. The second-order valence-electron chi connectivity index (χ2n) is 7.98. The molecule has 1 aromatic heterocycles. The van der Waals surface area contributed by atoms with Crippen LogP contribution < -0.4 is 4.90 Å². The average molecular weight is 382 g/mol. The summed E-state index contributed by atoms with van der Waals surface area (Å²) >= 11 is 0. The largest absolute Gasteiger partial charge is 0.379 e. The quantitative estimate of drug-likeness (QED) is 0.793. The minimum absolute atomic E-state index is 0.613. The molecule has 3 heterocycles. The van der Waals surface area contributed by atoms with E-state index in [9.17, 15) is 0 Å². The van der Waals surface area contributed by atoms with Crippen LogP contribution in [0.3, 0.4) is 0 Å². The lowest BCUT2D eigenvalue weighted by atomic mass is 10.1. The van der Waals surface area contributed by atoms with Crippen molar-refractivity contribution in [2.75, 3.05) is 57.4 Å². The molecule has 0 N–H and O–H groups in total. The molecule has 0 atom stereocenters. The summed E-state index contributed by atoms with van der Waals surface area (Å²) in [5.74, 6) is 0.982. The van der Waals surface area contributed by atoms with Crippen molar-refractivity contribution in [3.05, 3.63) is 42.0 Å². The van der Waals surface area contributed by atoms with Crippen molar-refractivity contribution in [1.82, 2.24) is 20.0 Å². The normalized spacial score (nSPS) is 19.3. The van der Waals surface area contributed by atoms with Gasteiger partial charge in [-0.15, -0.1) is 10.2 Å². The van der Waals surface area contributed by atoms with E-state index in [2.05, 4.69) is 75.1 Å². The van der Waals surface area contributed by atoms with E-state index >= 15 is 0 Å². The molecule has 2 aliphatic heterocycles. The lowest BCUT2D eigenvalue weighted by Gasteiger charge is -2.37. The number of hydrogen-bond acceptors (Lipinski definition) is 6. The van der Waals surface area contributed by atoms with Gasteiger partial charge in [0.2, 0.25) is 0 Å². The second kappa shape index (κ2) is 8.99. The zero-order chi connectivity index (χ0) is 19.3. The van der Waals surface area contributed by atoms with E-state index in [1.165, 1.54) is 5.56 Å². The number of ether oxygens (including phenoxy) is 1. The van der Waals surface area contributed by atoms with E-state index in [0.717, 1.165) is 76.1 Å². The molecule has 150 valence electrons. The highest BCUT2D eigenvalue weighted by atomic mass is 16.5. The fraction of sp³-hybridized carbons (Fsp3) is 0.545. The van der Waals surface area contributed by atoms with Gasteiger partial charge in [0.1, 0.15) is 0 Å². The maximum atomic E-state index is 5.42. The predicted molar refractivity (Wildman–Crippen MR) is 112 cm³/mol. The van der Waals surface area contributed by atoms with Crippen LogP contribution in [-0.4, -0.2) is 78.5 Å². The number of benzene rings is 1. The number of aromatic nitrogens is 2. The van der Waals surface area contributed by atoms with Crippen LogP contribution in [0.5, 0.6) is 0 Å². The third kappa shape index (κ3) is 4.69. The first-order valence-corrected chi connectivity index (χ1v) is 10.4. The Balaban J connectivity index is 1.36. The van der Waals surface area contributed by atoms with Crippen LogP contribution in [0.2, 0.25) is 0 Å². The Morgan fingerprint density at radius 2 is 1.57 bits per heavy atom. The first-order chi connectivity index (χ1) is 13.7. The Hall–Kier alpha value is -2.02. The van der Waals surface area contributed by atoms with Gasteiger partial charge in [-0.2, -0.15) is 0 Å². The SMILES string of the molecule is CC(C)N1CCN(c2ccc(-c3ccc(CN4CCOCC4)cc3)nn2)CC1. The lowest BCUT2D eigenvalue weighted by molar-refractivity contribution is 0.0342. The first-order valence-electron chi connectivity index (χ1n) is 10.4. The smallest absolute Gasteiger partial charge is 0.151 e. The van der Waals surface area contributed by atoms with E-state index in [1.807, 2.05) is 0 Å². The molecule has 0 bridgehead atoms. The molecule has 6 heteroatoms. The monoisotopic (exact) mass is 381 g/mol. The van der Waals surface area contributed by atoms with Crippen LogP contribution in [-0.2, 0) is 11.3 Å². The molecule has 6 nitrogen and oxygen atoms in total. The average Bonchev–Trinajstić information content (AvgIpc) is 2.75. The molecule has 0 spiro atoms. The van der Waals surface area contributed by atoms with Gasteiger partial charge in [0.15, 0.2) is 5.82 Å². The van der Waals surface area contributed by atoms with Crippen molar-refractivity contribution in [3.63, 3.8) is 0 Å². The number of piperazine rings is 1. The van der Waals surface area contributed by atoms with Crippen LogP contribution in [0.25, 0.3) is 11.3 Å². The zero-order valence-electron chi connectivity index (χ0n) is 17.0. The molecule has 2 aliphatic rings. The Morgan fingerprint density at radius 3 is 2.18 bits per heavy atom. The molecule has 1 aromatic carbocycles. The maximum Gasteiger partial charge on any atom is 0.151 e. The highest BCUT2D eigenvalue weighted by Crippen LogP contribution is 2.21. The van der Waals surface area contributed by atoms with Gasteiger partial charge in [0.05, 0.1) is 18.9 Å². The summed E-state index contributed by atoms with van der Waals surface area (Å²) in [6.45, 7) is 13.4. The first kappa shape index (κ1) is 19.3. The van der Waals surface area contributed by atoms with Crippen molar-refractivity contribution >= 4 is 5.82 Å². The lowest BCUT2D eigenvalue weighted by Crippen LogP contribution is -2.49. The Kier molecular flexibility index (Phi) is 6.20. The summed E-state index contributed by atoms with van der Waals surface area (Å²) in [6, 6.07) is 13.5. The van der Waals surface area contributed by atoms with Crippen LogP contribution in [0.1, 0.15) is 19.4 Å². The van der Waals surface area contributed by atoms with Crippen molar-refractivity contribution in [3.8, 4) is 11.3 Å². The zero-order valence-corrected chi connectivity index (χ0v) is 17.0. The van der Waals surface area contributed by atoms with Gasteiger partial charge in [-0.1, -0.05) is 24.3 Å². The fourth-order valence-electron chi connectivity index (χ4n) is 3.91. The van der Waals surface area contributed by atoms with Gasteiger partial charge in [0.25, 0.3) is 0 Å². The van der Waals surface area contributed by atoms with Crippen molar-refractivity contribution < 1.29 is 4.74 Å². The number of rotatable bonds is 5. The molecule has 0 amide bonds. The van der Waals surface area contributed by atoms with E-state index in [4.69, 9.17) is 4.74 Å². The molecule has 2 saturated heterocycles. The Bertz CT molecular complexity index is 733. The van der Waals surface area contributed by atoms with Gasteiger partial charge in [-0.05, 0) is 31.5 Å². The molecular weight excluding hydrogens is 350 g/mol. The van der Waals surface area contributed by atoms with E-state index < -0.39 is 0 Å². The second-order valence-corrected chi connectivity index (χ2v) is 7.98. The molecule has 2 fully saturated rings. The molecular formula is C22H31N5O. The molecule has 0 unspecified atom stereocenters. The van der Waals surface area contributed by atoms with Gasteiger partial charge >= 0.3 is 0 Å². The van der Waals surface area contributed by atoms with Gasteiger partial charge in [-0.25, -0.2) is 0 Å². The summed E-state index contributed by atoms with van der Waals surface area (Å²) in [7, 11) is 0. The van der Waals surface area contributed by atoms with Gasteiger partial charge in [0, 0.05) is 57.4 Å². The standard InChI is InChI=1S/C22H31N5O/c1-18(2)26-9-11-27(12-10-26)22-8-7-21(23-24-22)20-5-3-19(4-6-20)17-25-13-15-28-16-14-25/h3-8,18H,9-17H2,1-2H3. The molecule has 0 aliphatic carbocycles. The van der Waals surface area contributed by atoms with Gasteiger partial charge < -0.3 is 9.64 Å². The highest BCUT2D eigenvalue weighted by Gasteiger charge is 2.20. The molecule has 28 heavy (non-hydrogen) atoms. The van der Waals surface area contributed by atoms with Gasteiger partial charge in [-0.3, -0.25) is 9.80 Å². The molecule has 4 rings (SSSR count). The van der Waals surface area contributed by atoms with E-state index in [0.29, 0.717) is 6.04 Å². The van der Waals surface area contributed by atoms with Crippen LogP contribution in [0.4, 0.5) is 5.82 Å². The minimum atomic E-state index is 0.613. The summed E-state index contributed by atoms with van der Waals surface area (Å²) in [5.41, 5.74) is 3.38. The predicted octanol–water partition coefficient (Wildman–Crippen LogP) is 2.51. The van der Waals surface area contributed by atoms with Crippen LogP contribution in [0.15, 0.2) is 36.4 Å². The Morgan fingerprint density at radius 1 is 0.857 bits per heavy atom. The molecule has 2 aromatic rings. The van der Waals surface area contributed by atoms with Crippen LogP contribution >= 0.6 is 0 Å². The molecule has 0 radical (unpaired) electrons. The third-order valence-electron chi connectivity index (χ3n) is 5.78. The Labute approximate surface area is 168 Å². The highest BCUT2D eigenvalue weighted by molar-refractivity contribution is 5.60. The number of morpholine rings is 1. The maximum absolute atomic E-state index is 5.42. The topological polar surface area (TPSA) is 44.7 Å².